The molecule has 1 aliphatic carbocycles. The van der Waals surface area contributed by atoms with Gasteiger partial charge in [0, 0.05) is 0 Å². The lowest BCUT2D eigenvalue weighted by atomic mass is 9.94. The average Bonchev–Trinajstić information content (AvgIpc) is 3.19. The highest BCUT2D eigenvalue weighted by Crippen LogP contribution is 2.41. The van der Waals surface area contributed by atoms with Crippen LogP contribution in [-0.4, -0.2) is 21.3 Å². The number of alkyl halides is 5. The first-order valence-corrected chi connectivity index (χ1v) is 6.77. The Bertz CT molecular complexity index is 671. The zero-order chi connectivity index (χ0) is 17.5. The molecule has 1 aromatic rings. The third-order valence-corrected chi connectivity index (χ3v) is 3.59. The molecule has 1 aliphatic rings. The number of carbonyl (C=O) groups is 2. The lowest BCUT2D eigenvalue weighted by molar-refractivity contribution is -0.141. The largest absolute Gasteiger partial charge is 0.478 e. The third kappa shape index (κ3) is 3.60. The molecule has 0 bridgehead atoms. The Hall–Kier alpha value is -1.77. The normalized spacial score (nSPS) is 15.1. The highest BCUT2D eigenvalue weighted by Gasteiger charge is 2.43. The average molecular weight is 358 g/mol. The molecule has 0 aromatic carbocycles. The molecule has 0 unspecified atom stereocenters. The summed E-state index contributed by atoms with van der Waals surface area (Å²) in [5.41, 5.74) is -6.26. The number of carboxylic acid groups (broad SMARTS) is 1. The second kappa shape index (κ2) is 6.03. The van der Waals surface area contributed by atoms with E-state index < -0.39 is 51.9 Å². The van der Waals surface area contributed by atoms with Gasteiger partial charge in [-0.25, -0.2) is 18.6 Å². The van der Waals surface area contributed by atoms with E-state index in [4.69, 9.17) is 16.7 Å². The molecule has 1 aromatic heterocycles. The van der Waals surface area contributed by atoms with Gasteiger partial charge in [-0.1, -0.05) is 0 Å². The standard InChI is InChI=1S/C13H9ClF5NO3/c14-10(21)7-5(3-4-1-2-4)6(12(22)23)8(11(15)16)20-9(7)13(17,18)19/h4,11H,1-3H2,(H,22,23). The number of carboxylic acids is 1. The van der Waals surface area contributed by atoms with Gasteiger partial charge in [0.2, 0.25) is 0 Å². The van der Waals surface area contributed by atoms with Gasteiger partial charge < -0.3 is 5.11 Å². The van der Waals surface area contributed by atoms with E-state index in [2.05, 4.69) is 4.98 Å². The number of carbonyl (C=O) groups excluding carboxylic acids is 1. The van der Waals surface area contributed by atoms with Crippen molar-refractivity contribution in [1.82, 2.24) is 4.98 Å². The molecule has 0 aliphatic heterocycles. The van der Waals surface area contributed by atoms with Gasteiger partial charge in [0.25, 0.3) is 11.7 Å². The van der Waals surface area contributed by atoms with E-state index in [0.717, 1.165) is 0 Å². The fraction of sp³-hybridized carbons (Fsp3) is 0.462. The van der Waals surface area contributed by atoms with E-state index >= 15 is 0 Å². The molecular weight excluding hydrogens is 349 g/mol. The summed E-state index contributed by atoms with van der Waals surface area (Å²) >= 11 is 5.17. The van der Waals surface area contributed by atoms with Crippen LogP contribution in [0.3, 0.4) is 0 Å². The Balaban J connectivity index is 2.87. The topological polar surface area (TPSA) is 67.3 Å². The van der Waals surface area contributed by atoms with Crippen molar-refractivity contribution in [3.63, 3.8) is 0 Å². The minimum Gasteiger partial charge on any atom is -0.478 e. The number of nitrogens with zero attached hydrogens (tertiary/aromatic N) is 1. The van der Waals surface area contributed by atoms with Crippen molar-refractivity contribution in [1.29, 1.82) is 0 Å². The molecule has 2 rings (SSSR count). The second-order valence-corrected chi connectivity index (χ2v) is 5.44. The van der Waals surface area contributed by atoms with E-state index in [0.29, 0.717) is 12.8 Å². The Morgan fingerprint density at radius 3 is 2.17 bits per heavy atom. The van der Waals surface area contributed by atoms with Crippen LogP contribution in [0.25, 0.3) is 0 Å². The fourth-order valence-corrected chi connectivity index (χ4v) is 2.49. The third-order valence-electron chi connectivity index (χ3n) is 3.40. The van der Waals surface area contributed by atoms with Crippen molar-refractivity contribution >= 4 is 22.8 Å². The van der Waals surface area contributed by atoms with E-state index in [-0.39, 0.29) is 12.3 Å². The molecule has 0 radical (unpaired) electrons. The number of aromatic carboxylic acids is 1. The first-order chi connectivity index (χ1) is 10.5. The lowest BCUT2D eigenvalue weighted by Crippen LogP contribution is -2.22. The Kier molecular flexibility index (Phi) is 4.61. The number of hydrogen-bond donors (Lipinski definition) is 1. The molecule has 10 heteroatoms. The Morgan fingerprint density at radius 1 is 1.26 bits per heavy atom. The highest BCUT2D eigenvalue weighted by atomic mass is 35.5. The van der Waals surface area contributed by atoms with Crippen molar-refractivity contribution in [2.75, 3.05) is 0 Å². The molecule has 1 heterocycles. The van der Waals surface area contributed by atoms with Crippen molar-refractivity contribution in [2.24, 2.45) is 5.92 Å². The lowest BCUT2D eigenvalue weighted by Gasteiger charge is -2.18. The van der Waals surface area contributed by atoms with Gasteiger partial charge in [-0.3, -0.25) is 4.79 Å². The predicted octanol–water partition coefficient (Wildman–Crippen LogP) is 4.07. The van der Waals surface area contributed by atoms with E-state index in [1.165, 1.54) is 0 Å². The molecule has 1 N–H and O–H groups in total. The summed E-state index contributed by atoms with van der Waals surface area (Å²) in [7, 11) is 0. The molecule has 23 heavy (non-hydrogen) atoms. The zero-order valence-corrected chi connectivity index (χ0v) is 12.0. The quantitative estimate of drug-likeness (QED) is 0.637. The number of aromatic nitrogens is 1. The van der Waals surface area contributed by atoms with Crippen molar-refractivity contribution < 1.29 is 36.6 Å². The molecule has 0 saturated heterocycles. The number of hydrogen-bond acceptors (Lipinski definition) is 3. The molecule has 0 spiro atoms. The van der Waals surface area contributed by atoms with Crippen LogP contribution < -0.4 is 0 Å². The van der Waals surface area contributed by atoms with Gasteiger partial charge in [-0.05, 0) is 42.3 Å². The van der Waals surface area contributed by atoms with Gasteiger partial charge >= 0.3 is 12.1 Å². The monoisotopic (exact) mass is 357 g/mol. The minimum atomic E-state index is -5.22. The predicted molar refractivity (Wildman–Crippen MR) is 67.8 cm³/mol. The van der Waals surface area contributed by atoms with Gasteiger partial charge in [0.05, 0.1) is 11.1 Å². The molecule has 0 amide bonds. The van der Waals surface area contributed by atoms with Crippen LogP contribution in [0, 0.1) is 5.92 Å². The van der Waals surface area contributed by atoms with E-state index in [9.17, 15) is 31.5 Å². The van der Waals surface area contributed by atoms with Crippen LogP contribution in [0.2, 0.25) is 0 Å². The Labute approximate surface area is 131 Å². The maximum atomic E-state index is 13.1. The summed E-state index contributed by atoms with van der Waals surface area (Å²) in [6, 6.07) is 0. The minimum absolute atomic E-state index is 0.170. The highest BCUT2D eigenvalue weighted by molar-refractivity contribution is 6.68. The molecular formula is C13H9ClF5NO3. The van der Waals surface area contributed by atoms with Crippen molar-refractivity contribution in [2.45, 2.75) is 31.9 Å². The van der Waals surface area contributed by atoms with Crippen molar-refractivity contribution in [3.05, 3.63) is 28.1 Å². The SMILES string of the molecule is O=C(O)c1c(C(F)F)nc(C(F)(F)F)c(C(=O)Cl)c1CC1CC1. The van der Waals surface area contributed by atoms with Crippen LogP contribution in [0.15, 0.2) is 0 Å². The maximum Gasteiger partial charge on any atom is 0.434 e. The summed E-state index contributed by atoms with van der Waals surface area (Å²) < 4.78 is 65.2. The van der Waals surface area contributed by atoms with Crippen LogP contribution in [-0.2, 0) is 12.6 Å². The maximum absolute atomic E-state index is 13.1. The van der Waals surface area contributed by atoms with Gasteiger partial charge in [0.15, 0.2) is 5.69 Å². The molecule has 1 fully saturated rings. The zero-order valence-electron chi connectivity index (χ0n) is 11.3. The van der Waals surface area contributed by atoms with Gasteiger partial charge in [0.1, 0.15) is 5.69 Å². The first kappa shape index (κ1) is 17.6. The van der Waals surface area contributed by atoms with Crippen LogP contribution >= 0.6 is 11.6 Å². The molecule has 4 nitrogen and oxygen atoms in total. The van der Waals surface area contributed by atoms with Crippen LogP contribution in [0.5, 0.6) is 0 Å². The van der Waals surface area contributed by atoms with Crippen LogP contribution in [0.1, 0.15) is 56.9 Å². The molecule has 126 valence electrons. The summed E-state index contributed by atoms with van der Waals surface area (Å²) in [6.07, 6.45) is -7.81. The summed E-state index contributed by atoms with van der Waals surface area (Å²) in [6.45, 7) is 0. The number of rotatable bonds is 5. The summed E-state index contributed by atoms with van der Waals surface area (Å²) in [5, 5.41) is 7.54. The van der Waals surface area contributed by atoms with E-state index in [1.54, 1.807) is 0 Å². The fourth-order valence-electron chi connectivity index (χ4n) is 2.28. The van der Waals surface area contributed by atoms with Crippen molar-refractivity contribution in [3.8, 4) is 0 Å². The summed E-state index contributed by atoms with van der Waals surface area (Å²) in [5.74, 6) is -2.05. The van der Waals surface area contributed by atoms with Gasteiger partial charge in [-0.2, -0.15) is 13.2 Å². The first-order valence-electron chi connectivity index (χ1n) is 6.39. The molecule has 0 atom stereocenters. The molecule has 1 saturated carbocycles. The Morgan fingerprint density at radius 2 is 1.83 bits per heavy atom. The van der Waals surface area contributed by atoms with E-state index in [1.807, 2.05) is 0 Å². The second-order valence-electron chi connectivity index (χ2n) is 5.10. The summed E-state index contributed by atoms with van der Waals surface area (Å²) in [4.78, 5) is 25.4. The van der Waals surface area contributed by atoms with Crippen LogP contribution in [0.4, 0.5) is 22.0 Å². The van der Waals surface area contributed by atoms with Gasteiger partial charge in [-0.15, -0.1) is 0 Å². The number of pyridine rings is 1. The smallest absolute Gasteiger partial charge is 0.434 e. The number of halogens is 6.